The van der Waals surface area contributed by atoms with Crippen molar-refractivity contribution in [3.8, 4) is 0 Å². The molecule has 1 saturated heterocycles. The van der Waals surface area contributed by atoms with E-state index in [2.05, 4.69) is 11.8 Å². The van der Waals surface area contributed by atoms with Crippen LogP contribution in [-0.4, -0.2) is 50.3 Å². The molecule has 0 N–H and O–H groups in total. The van der Waals surface area contributed by atoms with E-state index in [1.54, 1.807) is 22.5 Å². The highest BCUT2D eigenvalue weighted by Crippen LogP contribution is 2.22. The molecule has 0 aromatic heterocycles. The third-order valence-corrected chi connectivity index (χ3v) is 5.86. The van der Waals surface area contributed by atoms with Crippen molar-refractivity contribution in [1.82, 2.24) is 9.21 Å². The molecule has 0 aliphatic carbocycles. The third-order valence-electron chi connectivity index (χ3n) is 3.55. The lowest BCUT2D eigenvalue weighted by atomic mass is 10.2. The smallest absolute Gasteiger partial charge is 0.243 e. The number of halogens is 1. The molecule has 0 radical (unpaired) electrons. The minimum atomic E-state index is -3.38. The van der Waals surface area contributed by atoms with Gasteiger partial charge in [-0.3, -0.25) is 0 Å². The second kappa shape index (κ2) is 5.79. The molecule has 19 heavy (non-hydrogen) atoms. The molecule has 0 spiro atoms. The molecule has 0 bridgehead atoms. The number of hydrogen-bond donors (Lipinski definition) is 0. The van der Waals surface area contributed by atoms with E-state index < -0.39 is 10.0 Å². The van der Waals surface area contributed by atoms with E-state index in [1.165, 1.54) is 0 Å². The van der Waals surface area contributed by atoms with Crippen molar-refractivity contribution in [2.75, 3.05) is 32.7 Å². The van der Waals surface area contributed by atoms with Crippen LogP contribution < -0.4 is 0 Å². The van der Waals surface area contributed by atoms with Crippen LogP contribution >= 0.6 is 11.6 Å². The van der Waals surface area contributed by atoms with Crippen molar-refractivity contribution in [1.29, 1.82) is 0 Å². The number of piperazine rings is 1. The van der Waals surface area contributed by atoms with Crippen LogP contribution in [-0.2, 0) is 10.0 Å². The van der Waals surface area contributed by atoms with Gasteiger partial charge in [-0.15, -0.1) is 0 Å². The maximum Gasteiger partial charge on any atom is 0.243 e. The summed E-state index contributed by atoms with van der Waals surface area (Å²) in [5.41, 5.74) is 0.787. The van der Waals surface area contributed by atoms with Crippen LogP contribution in [0, 0.1) is 6.92 Å². The molecule has 4 nitrogen and oxygen atoms in total. The topological polar surface area (TPSA) is 40.6 Å². The average Bonchev–Trinajstić information content (AvgIpc) is 2.41. The molecular formula is C13H19ClN2O2S. The van der Waals surface area contributed by atoms with E-state index >= 15 is 0 Å². The zero-order valence-corrected chi connectivity index (χ0v) is 12.8. The number of nitrogens with zero attached hydrogens (tertiary/aromatic N) is 2. The van der Waals surface area contributed by atoms with Crippen LogP contribution in [0.1, 0.15) is 12.5 Å². The van der Waals surface area contributed by atoms with Gasteiger partial charge in [0.2, 0.25) is 10.0 Å². The van der Waals surface area contributed by atoms with E-state index in [1.807, 2.05) is 6.92 Å². The summed E-state index contributed by atoms with van der Waals surface area (Å²) < 4.78 is 26.6. The van der Waals surface area contributed by atoms with Crippen LogP contribution in [0.5, 0.6) is 0 Å². The number of rotatable bonds is 3. The van der Waals surface area contributed by atoms with Gasteiger partial charge >= 0.3 is 0 Å². The summed E-state index contributed by atoms with van der Waals surface area (Å²) >= 11 is 5.94. The van der Waals surface area contributed by atoms with Crippen LogP contribution in [0.25, 0.3) is 0 Å². The van der Waals surface area contributed by atoms with Crippen molar-refractivity contribution in [3.05, 3.63) is 28.8 Å². The Kier molecular flexibility index (Phi) is 4.50. The average molecular weight is 303 g/mol. The first kappa shape index (κ1) is 14.8. The number of sulfonamides is 1. The van der Waals surface area contributed by atoms with Gasteiger partial charge in [0.1, 0.15) is 0 Å². The first-order chi connectivity index (χ1) is 8.95. The van der Waals surface area contributed by atoms with Gasteiger partial charge in [-0.2, -0.15) is 4.31 Å². The van der Waals surface area contributed by atoms with Gasteiger partial charge in [0.25, 0.3) is 0 Å². The van der Waals surface area contributed by atoms with E-state index in [0.29, 0.717) is 23.0 Å². The summed E-state index contributed by atoms with van der Waals surface area (Å²) in [7, 11) is -3.38. The molecule has 0 amide bonds. The summed E-state index contributed by atoms with van der Waals surface area (Å²) in [6, 6.07) is 4.87. The van der Waals surface area contributed by atoms with Gasteiger partial charge in [-0.25, -0.2) is 8.42 Å². The fraction of sp³-hybridized carbons (Fsp3) is 0.538. The van der Waals surface area contributed by atoms with Crippen LogP contribution in [0.2, 0.25) is 5.02 Å². The Morgan fingerprint density at radius 1 is 1.21 bits per heavy atom. The molecule has 1 aromatic rings. The summed E-state index contributed by atoms with van der Waals surface area (Å²) in [5.74, 6) is 0. The van der Waals surface area contributed by atoms with Crippen molar-refractivity contribution in [2.24, 2.45) is 0 Å². The van der Waals surface area contributed by atoms with E-state index in [-0.39, 0.29) is 0 Å². The number of benzene rings is 1. The SMILES string of the molecule is CCN1CCN(S(=O)(=O)c2ccc(Cl)c(C)c2)CC1. The van der Waals surface area contributed by atoms with Crippen LogP contribution in [0.4, 0.5) is 0 Å². The maximum absolute atomic E-state index is 12.5. The molecule has 1 aliphatic rings. The molecule has 1 fully saturated rings. The number of likely N-dealkylation sites (N-methyl/N-ethyl adjacent to an activating group) is 1. The molecular weight excluding hydrogens is 284 g/mol. The predicted octanol–water partition coefficient (Wildman–Crippen LogP) is 1.97. The van der Waals surface area contributed by atoms with E-state index in [4.69, 9.17) is 11.6 Å². The summed E-state index contributed by atoms with van der Waals surface area (Å²) in [5, 5.41) is 0.592. The van der Waals surface area contributed by atoms with Gasteiger partial charge in [0.05, 0.1) is 4.90 Å². The first-order valence-electron chi connectivity index (χ1n) is 6.44. The molecule has 1 aliphatic heterocycles. The second-order valence-corrected chi connectivity index (χ2v) is 7.09. The monoisotopic (exact) mass is 302 g/mol. The van der Waals surface area contributed by atoms with Gasteiger partial charge in [-0.1, -0.05) is 18.5 Å². The Morgan fingerprint density at radius 2 is 1.84 bits per heavy atom. The Morgan fingerprint density at radius 3 is 2.37 bits per heavy atom. The highest BCUT2D eigenvalue weighted by molar-refractivity contribution is 7.89. The van der Waals surface area contributed by atoms with E-state index in [0.717, 1.165) is 25.2 Å². The minimum absolute atomic E-state index is 0.333. The third kappa shape index (κ3) is 3.11. The number of hydrogen-bond acceptors (Lipinski definition) is 3. The lowest BCUT2D eigenvalue weighted by molar-refractivity contribution is 0.196. The molecule has 1 aromatic carbocycles. The molecule has 0 unspecified atom stereocenters. The van der Waals surface area contributed by atoms with Crippen molar-refractivity contribution in [3.63, 3.8) is 0 Å². The zero-order valence-electron chi connectivity index (χ0n) is 11.3. The fourth-order valence-electron chi connectivity index (χ4n) is 2.21. The highest BCUT2D eigenvalue weighted by atomic mass is 35.5. The summed E-state index contributed by atoms with van der Waals surface area (Å²) in [4.78, 5) is 2.58. The Hall–Kier alpha value is -0.620. The first-order valence-corrected chi connectivity index (χ1v) is 8.25. The lowest BCUT2D eigenvalue weighted by Crippen LogP contribution is -2.48. The molecule has 1 heterocycles. The lowest BCUT2D eigenvalue weighted by Gasteiger charge is -2.33. The predicted molar refractivity (Wildman–Crippen MR) is 77.1 cm³/mol. The fourth-order valence-corrected chi connectivity index (χ4v) is 3.84. The zero-order chi connectivity index (χ0) is 14.0. The quantitative estimate of drug-likeness (QED) is 0.857. The Bertz CT molecular complexity index is 552. The normalized spacial score (nSPS) is 18.7. The van der Waals surface area contributed by atoms with Crippen molar-refractivity contribution in [2.45, 2.75) is 18.7 Å². The van der Waals surface area contributed by atoms with Gasteiger partial charge in [0, 0.05) is 31.2 Å². The maximum atomic E-state index is 12.5. The molecule has 2 rings (SSSR count). The minimum Gasteiger partial charge on any atom is -0.301 e. The standard InChI is InChI=1S/C13H19ClN2O2S/c1-3-15-6-8-16(9-7-15)19(17,18)12-4-5-13(14)11(2)10-12/h4-5,10H,3,6-9H2,1-2H3. The van der Waals surface area contributed by atoms with Crippen LogP contribution in [0.3, 0.4) is 0 Å². The van der Waals surface area contributed by atoms with Gasteiger partial charge in [0.15, 0.2) is 0 Å². The number of aryl methyl sites for hydroxylation is 1. The van der Waals surface area contributed by atoms with Gasteiger partial charge < -0.3 is 4.90 Å². The Labute approximate surface area is 120 Å². The second-order valence-electron chi connectivity index (χ2n) is 4.75. The van der Waals surface area contributed by atoms with Crippen LogP contribution in [0.15, 0.2) is 23.1 Å². The molecule has 106 valence electrons. The molecule has 6 heteroatoms. The van der Waals surface area contributed by atoms with Crippen molar-refractivity contribution >= 4 is 21.6 Å². The summed E-state index contributed by atoms with van der Waals surface area (Å²) in [6.07, 6.45) is 0. The van der Waals surface area contributed by atoms with Gasteiger partial charge in [-0.05, 0) is 37.2 Å². The largest absolute Gasteiger partial charge is 0.301 e. The highest BCUT2D eigenvalue weighted by Gasteiger charge is 2.28. The molecule has 0 saturated carbocycles. The Balaban J connectivity index is 2.21. The van der Waals surface area contributed by atoms with Crippen molar-refractivity contribution < 1.29 is 8.42 Å². The van der Waals surface area contributed by atoms with E-state index in [9.17, 15) is 8.42 Å². The molecule has 0 atom stereocenters. The summed E-state index contributed by atoms with van der Waals surface area (Å²) in [6.45, 7) is 7.57.